The Kier molecular flexibility index (Phi) is 4.80. The monoisotopic (exact) mass is 224 g/mol. The molecule has 0 aromatic heterocycles. The molecule has 0 atom stereocenters. The number of para-hydroxylation sites is 1. The van der Waals surface area contributed by atoms with Gasteiger partial charge >= 0.3 is 7.32 Å². The molecular weight excluding hydrogens is 207 g/mol. The zero-order valence-electron chi connectivity index (χ0n) is 9.59. The zero-order valence-corrected chi connectivity index (χ0v) is 9.59. The van der Waals surface area contributed by atoms with Crippen molar-refractivity contribution < 1.29 is 19.4 Å². The smallest absolute Gasteiger partial charge is 0.512 e. The molecule has 0 radical (unpaired) electrons. The molecule has 0 unspecified atom stereocenters. The van der Waals surface area contributed by atoms with Crippen molar-refractivity contribution in [1.29, 1.82) is 0 Å². The number of aliphatic hydroxyl groups excluding tert-OH is 1. The molecule has 5 heteroatoms. The molecule has 16 heavy (non-hydrogen) atoms. The van der Waals surface area contributed by atoms with E-state index in [1.807, 2.05) is 19.9 Å². The summed E-state index contributed by atoms with van der Waals surface area (Å²) in [7, 11) is -1.31. The van der Waals surface area contributed by atoms with Crippen molar-refractivity contribution in [2.75, 3.05) is 13.2 Å². The van der Waals surface area contributed by atoms with Crippen molar-refractivity contribution in [2.24, 2.45) is 5.41 Å². The van der Waals surface area contributed by atoms with Gasteiger partial charge < -0.3 is 19.4 Å². The van der Waals surface area contributed by atoms with E-state index in [1.54, 1.807) is 24.3 Å². The Hall–Kier alpha value is -1.04. The van der Waals surface area contributed by atoms with Gasteiger partial charge in [0, 0.05) is 12.0 Å². The summed E-state index contributed by atoms with van der Waals surface area (Å²) in [6.07, 6.45) is 0. The quantitative estimate of drug-likeness (QED) is 0.709. The minimum Gasteiger partial charge on any atom is -0.512 e. The number of aliphatic hydroxyl groups is 1. The van der Waals surface area contributed by atoms with Gasteiger partial charge in [-0.3, -0.25) is 0 Å². The van der Waals surface area contributed by atoms with Crippen LogP contribution in [0.1, 0.15) is 13.8 Å². The summed E-state index contributed by atoms with van der Waals surface area (Å²) in [6.45, 7) is 3.88. The van der Waals surface area contributed by atoms with Gasteiger partial charge in [-0.2, -0.15) is 0 Å². The molecule has 88 valence electrons. The maximum absolute atomic E-state index is 9.44. The van der Waals surface area contributed by atoms with E-state index in [1.165, 1.54) is 0 Å². The highest BCUT2D eigenvalue weighted by molar-refractivity contribution is 6.35. The van der Waals surface area contributed by atoms with Crippen LogP contribution in [0, 0.1) is 5.41 Å². The second-order valence-electron chi connectivity index (χ2n) is 4.37. The minimum absolute atomic E-state index is 0.00887. The summed E-state index contributed by atoms with van der Waals surface area (Å²) in [6, 6.07) is 8.92. The lowest BCUT2D eigenvalue weighted by Crippen LogP contribution is -2.33. The Morgan fingerprint density at radius 1 is 1.25 bits per heavy atom. The number of hydrogen-bond donors (Lipinski definition) is 2. The maximum atomic E-state index is 9.44. The number of rotatable bonds is 6. The molecular formula is C11H17BO4. The van der Waals surface area contributed by atoms with Crippen LogP contribution >= 0.6 is 0 Å². The standard InChI is InChI=1S/C11H17BO4/c1-11(2,8-13)9-15-12(14)16-10-6-4-3-5-7-10/h3-7,13-14H,8-9H2,1-2H3. The molecule has 0 bridgehead atoms. The molecule has 0 aliphatic rings. The van der Waals surface area contributed by atoms with E-state index in [0.717, 1.165) is 0 Å². The van der Waals surface area contributed by atoms with Crippen molar-refractivity contribution in [3.8, 4) is 5.75 Å². The largest absolute Gasteiger partial charge is 0.710 e. The van der Waals surface area contributed by atoms with Crippen LogP contribution in [0.25, 0.3) is 0 Å². The average molecular weight is 224 g/mol. The molecule has 0 saturated carbocycles. The number of benzene rings is 1. The molecule has 0 aliphatic carbocycles. The first-order chi connectivity index (χ1) is 7.53. The van der Waals surface area contributed by atoms with Crippen molar-refractivity contribution in [2.45, 2.75) is 13.8 Å². The summed E-state index contributed by atoms with van der Waals surface area (Å²) >= 11 is 0. The van der Waals surface area contributed by atoms with E-state index in [-0.39, 0.29) is 18.6 Å². The normalized spacial score (nSPS) is 11.2. The van der Waals surface area contributed by atoms with Crippen molar-refractivity contribution in [3.63, 3.8) is 0 Å². The lowest BCUT2D eigenvalue weighted by Gasteiger charge is -2.22. The van der Waals surface area contributed by atoms with E-state index in [9.17, 15) is 5.02 Å². The van der Waals surface area contributed by atoms with Crippen LogP contribution in [-0.2, 0) is 4.65 Å². The first kappa shape index (κ1) is 13.0. The van der Waals surface area contributed by atoms with Gasteiger partial charge in [0.1, 0.15) is 5.75 Å². The summed E-state index contributed by atoms with van der Waals surface area (Å²) < 4.78 is 10.2. The molecule has 1 rings (SSSR count). The van der Waals surface area contributed by atoms with Crippen molar-refractivity contribution in [1.82, 2.24) is 0 Å². The van der Waals surface area contributed by atoms with E-state index in [2.05, 4.69) is 0 Å². The molecule has 0 heterocycles. The van der Waals surface area contributed by atoms with Crippen LogP contribution in [-0.4, -0.2) is 30.7 Å². The van der Waals surface area contributed by atoms with Crippen LogP contribution in [0.5, 0.6) is 5.75 Å². The fourth-order valence-electron chi connectivity index (χ4n) is 0.992. The molecule has 1 aromatic carbocycles. The first-order valence-corrected chi connectivity index (χ1v) is 5.16. The van der Waals surface area contributed by atoms with Gasteiger partial charge in [0.05, 0.1) is 6.61 Å². The Labute approximate surface area is 96.0 Å². The SMILES string of the molecule is CC(C)(CO)COB(O)Oc1ccccc1. The topological polar surface area (TPSA) is 58.9 Å². The maximum Gasteiger partial charge on any atom is 0.710 e. The van der Waals surface area contributed by atoms with E-state index < -0.39 is 7.32 Å². The van der Waals surface area contributed by atoms with Gasteiger partial charge in [0.2, 0.25) is 0 Å². The van der Waals surface area contributed by atoms with Crippen LogP contribution < -0.4 is 4.65 Å². The molecule has 0 aliphatic heterocycles. The average Bonchev–Trinajstić information content (AvgIpc) is 2.28. The second kappa shape index (κ2) is 5.89. The molecule has 2 N–H and O–H groups in total. The summed E-state index contributed by atoms with van der Waals surface area (Å²) in [5, 5.41) is 18.4. The Balaban J connectivity index is 2.34. The molecule has 0 saturated heterocycles. The molecule has 0 fully saturated rings. The lowest BCUT2D eigenvalue weighted by molar-refractivity contribution is 0.0711. The minimum atomic E-state index is -1.31. The Morgan fingerprint density at radius 2 is 1.88 bits per heavy atom. The third kappa shape index (κ3) is 4.66. The predicted octanol–water partition coefficient (Wildman–Crippen LogP) is 1.08. The predicted molar refractivity (Wildman–Crippen MR) is 61.9 cm³/mol. The second-order valence-corrected chi connectivity index (χ2v) is 4.37. The molecule has 4 nitrogen and oxygen atoms in total. The van der Waals surface area contributed by atoms with Crippen LogP contribution in [0.2, 0.25) is 0 Å². The Morgan fingerprint density at radius 3 is 2.44 bits per heavy atom. The van der Waals surface area contributed by atoms with Crippen LogP contribution in [0.3, 0.4) is 0 Å². The summed E-state index contributed by atoms with van der Waals surface area (Å²) in [4.78, 5) is 0. The molecule has 0 amide bonds. The third-order valence-electron chi connectivity index (χ3n) is 2.02. The summed E-state index contributed by atoms with van der Waals surface area (Å²) in [5.74, 6) is 0.539. The fourth-order valence-corrected chi connectivity index (χ4v) is 0.992. The lowest BCUT2D eigenvalue weighted by atomic mass is 9.96. The van der Waals surface area contributed by atoms with Crippen LogP contribution in [0.15, 0.2) is 30.3 Å². The highest BCUT2D eigenvalue weighted by Crippen LogP contribution is 2.15. The first-order valence-electron chi connectivity index (χ1n) is 5.16. The van der Waals surface area contributed by atoms with Gasteiger partial charge in [-0.25, -0.2) is 0 Å². The summed E-state index contributed by atoms with van der Waals surface area (Å²) in [5.41, 5.74) is -0.388. The highest BCUT2D eigenvalue weighted by atomic mass is 16.7. The zero-order chi connectivity index (χ0) is 12.0. The van der Waals surface area contributed by atoms with Crippen molar-refractivity contribution in [3.05, 3.63) is 30.3 Å². The highest BCUT2D eigenvalue weighted by Gasteiger charge is 2.24. The van der Waals surface area contributed by atoms with Crippen LogP contribution in [0.4, 0.5) is 0 Å². The van der Waals surface area contributed by atoms with Gasteiger partial charge in [-0.05, 0) is 12.1 Å². The fraction of sp³-hybridized carbons (Fsp3) is 0.455. The molecule has 0 spiro atoms. The van der Waals surface area contributed by atoms with E-state index in [4.69, 9.17) is 14.4 Å². The van der Waals surface area contributed by atoms with Gasteiger partial charge in [-0.15, -0.1) is 0 Å². The van der Waals surface area contributed by atoms with E-state index in [0.29, 0.717) is 5.75 Å². The van der Waals surface area contributed by atoms with Gasteiger partial charge in [-0.1, -0.05) is 32.0 Å². The Bertz CT molecular complexity index is 302. The molecule has 1 aromatic rings. The van der Waals surface area contributed by atoms with Gasteiger partial charge in [0.25, 0.3) is 0 Å². The third-order valence-corrected chi connectivity index (χ3v) is 2.02. The van der Waals surface area contributed by atoms with Gasteiger partial charge in [0.15, 0.2) is 0 Å². The van der Waals surface area contributed by atoms with E-state index >= 15 is 0 Å². The van der Waals surface area contributed by atoms with Crippen molar-refractivity contribution >= 4 is 7.32 Å². The number of hydrogen-bond acceptors (Lipinski definition) is 4.